The van der Waals surface area contributed by atoms with Gasteiger partial charge in [-0.05, 0) is 48.2 Å². The second-order valence-electron chi connectivity index (χ2n) is 9.67. The van der Waals surface area contributed by atoms with Crippen LogP contribution in [0.4, 0.5) is 0 Å². The molecule has 3 aromatic carbocycles. The number of hydrogen-bond donors (Lipinski definition) is 0. The Morgan fingerprint density at radius 2 is 1.51 bits per heavy atom. The molecule has 0 saturated carbocycles. The van der Waals surface area contributed by atoms with Crippen LogP contribution in [0.5, 0.6) is 0 Å². The fourth-order valence-corrected chi connectivity index (χ4v) is 5.26. The number of carbonyl (C=O) groups is 1. The molecule has 0 N–H and O–H groups in total. The molecule has 1 amide bonds. The second kappa shape index (κ2) is 11.1. The molecule has 0 radical (unpaired) electrons. The van der Waals surface area contributed by atoms with Gasteiger partial charge in [-0.2, -0.15) is 0 Å². The summed E-state index contributed by atoms with van der Waals surface area (Å²) in [6.45, 7) is 7.53. The van der Waals surface area contributed by atoms with Gasteiger partial charge in [-0.15, -0.1) is 0 Å². The molecule has 0 spiro atoms. The summed E-state index contributed by atoms with van der Waals surface area (Å²) >= 11 is 0. The van der Waals surface area contributed by atoms with Crippen molar-refractivity contribution in [3.63, 3.8) is 0 Å². The Kier molecular flexibility index (Phi) is 7.47. The van der Waals surface area contributed by atoms with Gasteiger partial charge in [0.1, 0.15) is 5.82 Å². The highest BCUT2D eigenvalue weighted by molar-refractivity contribution is 5.94. The number of para-hydroxylation sites is 1. The molecule has 2 heterocycles. The zero-order valence-corrected chi connectivity index (χ0v) is 21.6. The zero-order valence-electron chi connectivity index (χ0n) is 21.6. The van der Waals surface area contributed by atoms with Crippen LogP contribution in [-0.2, 0) is 13.0 Å². The summed E-state index contributed by atoms with van der Waals surface area (Å²) in [4.78, 5) is 36.1. The van der Waals surface area contributed by atoms with Crippen LogP contribution in [0, 0.1) is 0 Å². The maximum absolute atomic E-state index is 13.7. The van der Waals surface area contributed by atoms with Crippen LogP contribution in [0.15, 0.2) is 83.7 Å². The molecule has 6 heteroatoms. The molecule has 190 valence electrons. The zero-order chi connectivity index (χ0) is 25.8. The lowest BCUT2D eigenvalue weighted by atomic mass is 10.1. The molecular weight excluding hydrogens is 460 g/mol. The Balaban J connectivity index is 1.41. The van der Waals surface area contributed by atoms with E-state index in [4.69, 9.17) is 4.98 Å². The van der Waals surface area contributed by atoms with Crippen LogP contribution < -0.4 is 5.56 Å². The SMILES string of the molecule is CCc1ccc(C(=O)N2CCN(C(CC)c3nc4ccccc4c(=O)n3Cc3ccccc3)CC2)cc1. The van der Waals surface area contributed by atoms with E-state index in [9.17, 15) is 9.59 Å². The lowest BCUT2D eigenvalue weighted by molar-refractivity contribution is 0.0549. The van der Waals surface area contributed by atoms with Gasteiger partial charge in [0.05, 0.1) is 23.5 Å². The van der Waals surface area contributed by atoms with Crippen LogP contribution in [0.25, 0.3) is 10.9 Å². The number of hydrogen-bond acceptors (Lipinski definition) is 4. The number of rotatable bonds is 7. The van der Waals surface area contributed by atoms with Crippen LogP contribution in [0.1, 0.15) is 53.6 Å². The van der Waals surface area contributed by atoms with Gasteiger partial charge in [-0.3, -0.25) is 19.1 Å². The minimum atomic E-state index is -0.0119. The lowest BCUT2D eigenvalue weighted by Gasteiger charge is -2.39. The molecule has 1 fully saturated rings. The van der Waals surface area contributed by atoms with E-state index >= 15 is 0 Å². The average molecular weight is 495 g/mol. The Hall–Kier alpha value is -3.77. The van der Waals surface area contributed by atoms with E-state index in [2.05, 4.69) is 18.7 Å². The molecular formula is C31H34N4O2. The van der Waals surface area contributed by atoms with Crippen molar-refractivity contribution < 1.29 is 4.79 Å². The monoisotopic (exact) mass is 494 g/mol. The van der Waals surface area contributed by atoms with Crippen LogP contribution in [0.3, 0.4) is 0 Å². The highest BCUT2D eigenvalue weighted by Gasteiger charge is 2.29. The van der Waals surface area contributed by atoms with Gasteiger partial charge in [0.2, 0.25) is 0 Å². The molecule has 1 aliphatic heterocycles. The highest BCUT2D eigenvalue weighted by atomic mass is 16.2. The van der Waals surface area contributed by atoms with Gasteiger partial charge >= 0.3 is 0 Å². The van der Waals surface area contributed by atoms with E-state index in [1.807, 2.05) is 88.3 Å². The van der Waals surface area contributed by atoms with E-state index in [1.165, 1.54) is 5.56 Å². The normalized spacial score (nSPS) is 15.1. The smallest absolute Gasteiger partial charge is 0.261 e. The Labute approximate surface area is 218 Å². The minimum absolute atomic E-state index is 0.00718. The predicted octanol–water partition coefficient (Wildman–Crippen LogP) is 4.92. The van der Waals surface area contributed by atoms with Gasteiger partial charge in [0.25, 0.3) is 11.5 Å². The van der Waals surface area contributed by atoms with E-state index in [-0.39, 0.29) is 17.5 Å². The average Bonchev–Trinajstić information content (AvgIpc) is 2.96. The van der Waals surface area contributed by atoms with Crippen LogP contribution >= 0.6 is 0 Å². The summed E-state index contributed by atoms with van der Waals surface area (Å²) in [7, 11) is 0. The predicted molar refractivity (Wildman–Crippen MR) is 148 cm³/mol. The molecule has 37 heavy (non-hydrogen) atoms. The fourth-order valence-electron chi connectivity index (χ4n) is 5.26. The van der Waals surface area contributed by atoms with Crippen molar-refractivity contribution in [2.24, 2.45) is 0 Å². The molecule has 1 unspecified atom stereocenters. The number of aromatic nitrogens is 2. The highest BCUT2D eigenvalue weighted by Crippen LogP contribution is 2.26. The summed E-state index contributed by atoms with van der Waals surface area (Å²) in [5.41, 5.74) is 3.77. The molecule has 6 nitrogen and oxygen atoms in total. The molecule has 5 rings (SSSR count). The summed E-state index contributed by atoms with van der Waals surface area (Å²) in [5.74, 6) is 0.880. The molecule has 0 aliphatic carbocycles. The number of fused-ring (bicyclic) bond motifs is 1. The van der Waals surface area contributed by atoms with Crippen molar-refractivity contribution in [3.8, 4) is 0 Å². The maximum atomic E-state index is 13.7. The van der Waals surface area contributed by atoms with Gasteiger partial charge in [0.15, 0.2) is 0 Å². The van der Waals surface area contributed by atoms with Crippen LogP contribution in [-0.4, -0.2) is 51.4 Å². The van der Waals surface area contributed by atoms with E-state index < -0.39 is 0 Å². The summed E-state index contributed by atoms with van der Waals surface area (Å²) in [6, 6.07) is 25.6. The van der Waals surface area contributed by atoms with Crippen molar-refractivity contribution in [1.82, 2.24) is 19.4 Å². The first-order valence-corrected chi connectivity index (χ1v) is 13.2. The first-order chi connectivity index (χ1) is 18.1. The van der Waals surface area contributed by atoms with Gasteiger partial charge in [-0.1, -0.05) is 68.4 Å². The first-order valence-electron chi connectivity index (χ1n) is 13.2. The van der Waals surface area contributed by atoms with Crippen molar-refractivity contribution in [1.29, 1.82) is 0 Å². The lowest BCUT2D eigenvalue weighted by Crippen LogP contribution is -2.50. The molecule has 1 atom stereocenters. The fraction of sp³-hybridized carbons (Fsp3) is 0.323. The molecule has 1 aromatic heterocycles. The van der Waals surface area contributed by atoms with Crippen molar-refractivity contribution >= 4 is 16.8 Å². The van der Waals surface area contributed by atoms with Gasteiger partial charge in [-0.25, -0.2) is 4.98 Å². The number of piperazine rings is 1. The van der Waals surface area contributed by atoms with Gasteiger partial charge in [0, 0.05) is 31.7 Å². The first kappa shape index (κ1) is 24.9. The third kappa shape index (κ3) is 5.20. The number of nitrogens with zero attached hydrogens (tertiary/aromatic N) is 4. The maximum Gasteiger partial charge on any atom is 0.261 e. The van der Waals surface area contributed by atoms with E-state index in [0.29, 0.717) is 25.0 Å². The number of benzene rings is 3. The second-order valence-corrected chi connectivity index (χ2v) is 9.67. The van der Waals surface area contributed by atoms with Crippen molar-refractivity contribution in [3.05, 3.63) is 112 Å². The molecule has 4 aromatic rings. The standard InChI is InChI=1S/C31H34N4O2/c1-3-23-14-16-25(17-15-23)30(36)34-20-18-33(19-21-34)28(4-2)29-32-27-13-9-8-12-26(27)31(37)35(29)22-24-10-6-5-7-11-24/h5-17,28H,3-4,18-22H2,1-2H3. The quantitative estimate of drug-likeness (QED) is 0.366. The summed E-state index contributed by atoms with van der Waals surface area (Å²) in [6.07, 6.45) is 1.79. The van der Waals surface area contributed by atoms with Crippen molar-refractivity contribution in [2.75, 3.05) is 26.2 Å². The Morgan fingerprint density at radius 3 is 2.19 bits per heavy atom. The summed E-state index contributed by atoms with van der Waals surface area (Å²) < 4.78 is 1.85. The molecule has 1 aliphatic rings. The van der Waals surface area contributed by atoms with E-state index in [1.54, 1.807) is 0 Å². The number of carbonyl (C=O) groups excluding carboxylic acids is 1. The van der Waals surface area contributed by atoms with E-state index in [0.717, 1.165) is 48.4 Å². The van der Waals surface area contributed by atoms with Crippen LogP contribution in [0.2, 0.25) is 0 Å². The third-order valence-electron chi connectivity index (χ3n) is 7.41. The topological polar surface area (TPSA) is 58.4 Å². The molecule has 0 bridgehead atoms. The largest absolute Gasteiger partial charge is 0.336 e. The van der Waals surface area contributed by atoms with Gasteiger partial charge < -0.3 is 4.90 Å². The number of aryl methyl sites for hydroxylation is 1. The molecule has 1 saturated heterocycles. The van der Waals surface area contributed by atoms with Crippen molar-refractivity contribution in [2.45, 2.75) is 39.3 Å². The third-order valence-corrected chi connectivity index (χ3v) is 7.41. The number of amides is 1. The minimum Gasteiger partial charge on any atom is -0.336 e. The Morgan fingerprint density at radius 1 is 0.838 bits per heavy atom. The Bertz CT molecular complexity index is 1420. The summed E-state index contributed by atoms with van der Waals surface area (Å²) in [5, 5.41) is 0.640.